The topological polar surface area (TPSA) is 55.6 Å². The van der Waals surface area contributed by atoms with Gasteiger partial charge in [-0.15, -0.1) is 0 Å². The van der Waals surface area contributed by atoms with Crippen molar-refractivity contribution in [3.05, 3.63) is 41.8 Å². The number of carbonyl (C=O) groups is 1. The van der Waals surface area contributed by atoms with Crippen molar-refractivity contribution in [2.45, 2.75) is 12.6 Å². The summed E-state index contributed by atoms with van der Waals surface area (Å²) in [6.07, 6.45) is 0.446. The predicted octanol–water partition coefficient (Wildman–Crippen LogP) is -0.0494. The van der Waals surface area contributed by atoms with Crippen LogP contribution < -0.4 is 9.84 Å². The molecule has 0 bridgehead atoms. The highest BCUT2D eigenvalue weighted by molar-refractivity contribution is 5.87. The van der Waals surface area contributed by atoms with Gasteiger partial charge in [0.15, 0.2) is 12.6 Å². The third-order valence-corrected chi connectivity index (χ3v) is 2.87. The van der Waals surface area contributed by atoms with Gasteiger partial charge in [-0.25, -0.2) is 4.58 Å². The fraction of sp³-hybridized carbons (Fsp3) is 0.286. The number of rotatable bonds is 4. The smallest absolute Gasteiger partial charge is 0.270 e. The zero-order chi connectivity index (χ0) is 14.0. The van der Waals surface area contributed by atoms with Crippen molar-refractivity contribution in [3.63, 3.8) is 0 Å². The highest BCUT2D eigenvalue weighted by Gasteiger charge is 2.28. The molecule has 0 aromatic heterocycles. The monoisotopic (exact) mass is 260 g/mol. The van der Waals surface area contributed by atoms with E-state index in [4.69, 9.17) is 4.74 Å². The van der Waals surface area contributed by atoms with Crippen molar-refractivity contribution in [1.29, 1.82) is 0 Å². The number of ether oxygens (including phenoxy) is 1. The van der Waals surface area contributed by atoms with E-state index >= 15 is 0 Å². The minimum Gasteiger partial charge on any atom is -0.860 e. The van der Waals surface area contributed by atoms with Crippen LogP contribution in [0.3, 0.4) is 0 Å². The molecule has 5 heteroatoms. The summed E-state index contributed by atoms with van der Waals surface area (Å²) in [6, 6.07) is 7.40. The van der Waals surface area contributed by atoms with Crippen molar-refractivity contribution >= 4 is 12.6 Å². The molecule has 1 amide bonds. The SMILES string of the molecule is C=[N+](C)Cc1ccccc1OC1C=C([O-])N(C)C1=O. The molecule has 0 saturated heterocycles. The van der Waals surface area contributed by atoms with Gasteiger partial charge in [0, 0.05) is 7.05 Å². The van der Waals surface area contributed by atoms with E-state index in [-0.39, 0.29) is 11.8 Å². The Kier molecular flexibility index (Phi) is 3.55. The number of nitrogens with zero attached hydrogens (tertiary/aromatic N) is 2. The van der Waals surface area contributed by atoms with E-state index in [2.05, 4.69) is 6.72 Å². The molecule has 1 atom stereocenters. The third kappa shape index (κ3) is 2.76. The maximum Gasteiger partial charge on any atom is 0.270 e. The fourth-order valence-corrected chi connectivity index (χ4v) is 1.87. The first-order valence-electron chi connectivity index (χ1n) is 5.91. The summed E-state index contributed by atoms with van der Waals surface area (Å²) in [6.45, 7) is 4.38. The Morgan fingerprint density at radius 3 is 2.74 bits per heavy atom. The quantitative estimate of drug-likeness (QED) is 0.563. The largest absolute Gasteiger partial charge is 0.860 e. The van der Waals surface area contributed by atoms with E-state index in [0.717, 1.165) is 10.5 Å². The number of carbonyl (C=O) groups excluding carboxylic acids is 1. The molecule has 0 spiro atoms. The number of hydrogen-bond acceptors (Lipinski definition) is 3. The second-order valence-corrected chi connectivity index (χ2v) is 4.56. The van der Waals surface area contributed by atoms with Crippen LogP contribution in [0, 0.1) is 0 Å². The van der Waals surface area contributed by atoms with Crippen molar-refractivity contribution < 1.29 is 19.2 Å². The standard InChI is InChI=1S/C14H16N2O3/c1-15(2)9-10-6-4-5-7-11(10)19-12-8-13(17)16(3)14(12)18/h4-8,12H,1,9H2,2-3H3. The summed E-state index contributed by atoms with van der Waals surface area (Å²) in [7, 11) is 3.29. The fourth-order valence-electron chi connectivity index (χ4n) is 1.87. The van der Waals surface area contributed by atoms with Crippen LogP contribution in [-0.4, -0.2) is 42.3 Å². The molecular weight excluding hydrogens is 244 g/mol. The van der Waals surface area contributed by atoms with Crippen LogP contribution in [0.15, 0.2) is 36.2 Å². The third-order valence-electron chi connectivity index (χ3n) is 2.87. The van der Waals surface area contributed by atoms with Gasteiger partial charge in [-0.05, 0) is 24.1 Å². The maximum absolute atomic E-state index is 11.8. The minimum absolute atomic E-state index is 0.332. The zero-order valence-corrected chi connectivity index (χ0v) is 11.0. The molecular formula is C14H16N2O3. The molecule has 1 aromatic rings. The van der Waals surface area contributed by atoms with Crippen LogP contribution in [0.1, 0.15) is 5.56 Å². The Labute approximate surface area is 112 Å². The van der Waals surface area contributed by atoms with Crippen LogP contribution in [0.25, 0.3) is 0 Å². The lowest BCUT2D eigenvalue weighted by atomic mass is 10.2. The second kappa shape index (κ2) is 5.14. The lowest BCUT2D eigenvalue weighted by Crippen LogP contribution is -2.33. The molecule has 0 saturated carbocycles. The molecule has 1 aliphatic heterocycles. The summed E-state index contributed by atoms with van der Waals surface area (Å²) in [5, 5.41) is 11.4. The van der Waals surface area contributed by atoms with Gasteiger partial charge in [0.25, 0.3) is 5.91 Å². The molecule has 0 aliphatic carbocycles. The predicted molar refractivity (Wildman–Crippen MR) is 68.7 cm³/mol. The normalized spacial score (nSPS) is 18.4. The van der Waals surface area contributed by atoms with Gasteiger partial charge in [-0.1, -0.05) is 12.1 Å². The van der Waals surface area contributed by atoms with E-state index in [0.29, 0.717) is 12.3 Å². The molecule has 0 fully saturated rings. The molecule has 1 aliphatic rings. The van der Waals surface area contributed by atoms with Crippen molar-refractivity contribution in [2.24, 2.45) is 0 Å². The molecule has 19 heavy (non-hydrogen) atoms. The van der Waals surface area contributed by atoms with Crippen LogP contribution in [0.4, 0.5) is 0 Å². The Balaban J connectivity index is 2.20. The summed E-state index contributed by atoms with van der Waals surface area (Å²) in [5.74, 6) is -0.0831. The van der Waals surface area contributed by atoms with Crippen molar-refractivity contribution in [1.82, 2.24) is 4.90 Å². The lowest BCUT2D eigenvalue weighted by Gasteiger charge is -2.18. The number of amides is 1. The Morgan fingerprint density at radius 2 is 2.16 bits per heavy atom. The van der Waals surface area contributed by atoms with E-state index in [9.17, 15) is 9.90 Å². The first kappa shape index (κ1) is 13.1. The molecule has 2 rings (SSSR count). The first-order chi connectivity index (χ1) is 8.99. The first-order valence-corrected chi connectivity index (χ1v) is 5.91. The number of para-hydroxylation sites is 1. The summed E-state index contributed by atoms with van der Waals surface area (Å²) < 4.78 is 7.40. The minimum atomic E-state index is -0.839. The molecule has 1 heterocycles. The van der Waals surface area contributed by atoms with Gasteiger partial charge >= 0.3 is 0 Å². The molecule has 1 aromatic carbocycles. The van der Waals surface area contributed by atoms with Gasteiger partial charge in [0.2, 0.25) is 0 Å². The average molecular weight is 260 g/mol. The van der Waals surface area contributed by atoms with Crippen molar-refractivity contribution in [2.75, 3.05) is 14.1 Å². The summed E-state index contributed by atoms with van der Waals surface area (Å²) in [5.41, 5.74) is 0.920. The van der Waals surface area contributed by atoms with E-state index in [1.165, 1.54) is 13.1 Å². The van der Waals surface area contributed by atoms with Gasteiger partial charge in [-0.2, -0.15) is 0 Å². The lowest BCUT2D eigenvalue weighted by molar-refractivity contribution is -0.505. The zero-order valence-electron chi connectivity index (χ0n) is 11.0. The Bertz CT molecular complexity index is 551. The highest BCUT2D eigenvalue weighted by Crippen LogP contribution is 2.23. The van der Waals surface area contributed by atoms with Crippen molar-refractivity contribution in [3.8, 4) is 5.75 Å². The molecule has 5 nitrogen and oxygen atoms in total. The molecule has 0 radical (unpaired) electrons. The van der Waals surface area contributed by atoms with Gasteiger partial charge in [0.1, 0.15) is 19.5 Å². The molecule has 100 valence electrons. The second-order valence-electron chi connectivity index (χ2n) is 4.56. The van der Waals surface area contributed by atoms with E-state index in [1.807, 2.05) is 25.2 Å². The summed E-state index contributed by atoms with van der Waals surface area (Å²) >= 11 is 0. The van der Waals surface area contributed by atoms with Gasteiger partial charge < -0.3 is 14.7 Å². The van der Waals surface area contributed by atoms with Crippen LogP contribution in [0.2, 0.25) is 0 Å². The summed E-state index contributed by atoms with van der Waals surface area (Å²) in [4.78, 5) is 12.8. The Hall–Kier alpha value is -2.30. The van der Waals surface area contributed by atoms with E-state index < -0.39 is 6.10 Å². The molecule has 0 N–H and O–H groups in total. The number of benzene rings is 1. The van der Waals surface area contributed by atoms with E-state index in [1.54, 1.807) is 10.6 Å². The number of likely N-dealkylation sites (N-methyl/N-ethyl adjacent to an activating group) is 1. The van der Waals surface area contributed by atoms with Crippen LogP contribution >= 0.6 is 0 Å². The van der Waals surface area contributed by atoms with Gasteiger partial charge in [-0.3, -0.25) is 4.79 Å². The molecule has 1 unspecified atom stereocenters. The Morgan fingerprint density at radius 1 is 1.47 bits per heavy atom. The van der Waals surface area contributed by atoms with Crippen LogP contribution in [0.5, 0.6) is 5.75 Å². The maximum atomic E-state index is 11.8. The van der Waals surface area contributed by atoms with Gasteiger partial charge in [0.05, 0.1) is 5.56 Å². The number of hydrogen-bond donors (Lipinski definition) is 0. The average Bonchev–Trinajstić information content (AvgIpc) is 2.59. The highest BCUT2D eigenvalue weighted by atomic mass is 16.5. The van der Waals surface area contributed by atoms with Crippen LogP contribution in [-0.2, 0) is 11.3 Å².